The summed E-state index contributed by atoms with van der Waals surface area (Å²) in [6.07, 6.45) is 0. The van der Waals surface area contributed by atoms with Gasteiger partial charge >= 0.3 is 0 Å². The Morgan fingerprint density at radius 2 is 1.78 bits per heavy atom. The minimum Gasteiger partial charge on any atom is -0.457 e. The van der Waals surface area contributed by atoms with E-state index in [4.69, 9.17) is 16.2 Å². The zero-order valence-corrected chi connectivity index (χ0v) is 11.5. The van der Waals surface area contributed by atoms with Crippen LogP contribution in [0.15, 0.2) is 42.5 Å². The third kappa shape index (κ3) is 2.92. The number of primary amides is 1. The zero-order chi connectivity index (χ0) is 13.1. The Balaban J connectivity index is 2.34. The number of rotatable bonds is 3. The third-order valence-corrected chi connectivity index (χ3v) is 3.03. The fourth-order valence-electron chi connectivity index (χ4n) is 1.46. The second kappa shape index (κ2) is 5.26. The van der Waals surface area contributed by atoms with Crippen LogP contribution >= 0.6 is 22.6 Å². The van der Waals surface area contributed by atoms with Crippen molar-refractivity contribution in [2.24, 2.45) is 5.73 Å². The molecule has 2 aromatic carbocycles. The Labute approximate surface area is 118 Å². The molecule has 0 spiro atoms. The Morgan fingerprint density at radius 1 is 1.11 bits per heavy atom. The molecule has 2 rings (SSSR count). The van der Waals surface area contributed by atoms with E-state index >= 15 is 0 Å². The van der Waals surface area contributed by atoms with E-state index < -0.39 is 5.91 Å². The van der Waals surface area contributed by atoms with E-state index in [0.717, 1.165) is 3.57 Å². The Hall–Kier alpha value is -1.76. The molecule has 0 heterocycles. The van der Waals surface area contributed by atoms with Gasteiger partial charge in [0, 0.05) is 9.26 Å². The van der Waals surface area contributed by atoms with Gasteiger partial charge in [-0.2, -0.15) is 0 Å². The number of carbonyl (C=O) groups excluding carboxylic acids is 1. The van der Waals surface area contributed by atoms with Gasteiger partial charge in [-0.3, -0.25) is 4.79 Å². The van der Waals surface area contributed by atoms with Gasteiger partial charge in [-0.1, -0.05) is 0 Å². The van der Waals surface area contributed by atoms with Crippen LogP contribution < -0.4 is 16.2 Å². The molecular formula is C13H11IN2O2. The van der Waals surface area contributed by atoms with Gasteiger partial charge in [-0.25, -0.2) is 0 Å². The van der Waals surface area contributed by atoms with Crippen molar-refractivity contribution in [3.8, 4) is 11.5 Å². The summed E-state index contributed by atoms with van der Waals surface area (Å²) in [7, 11) is 0. The molecule has 0 atom stereocenters. The predicted molar refractivity (Wildman–Crippen MR) is 78.6 cm³/mol. The van der Waals surface area contributed by atoms with Crippen LogP contribution in [0.4, 0.5) is 5.69 Å². The van der Waals surface area contributed by atoms with Gasteiger partial charge in [-0.15, -0.1) is 0 Å². The molecule has 0 radical (unpaired) electrons. The summed E-state index contributed by atoms with van der Waals surface area (Å²) in [6, 6.07) is 12.3. The van der Waals surface area contributed by atoms with Crippen molar-refractivity contribution in [3.05, 3.63) is 51.6 Å². The molecule has 0 aliphatic heterocycles. The number of hydrogen-bond donors (Lipinski definition) is 2. The van der Waals surface area contributed by atoms with E-state index in [1.54, 1.807) is 12.1 Å². The normalized spacial score (nSPS) is 10.1. The summed E-state index contributed by atoms with van der Waals surface area (Å²) in [5.41, 5.74) is 11.6. The van der Waals surface area contributed by atoms with Crippen molar-refractivity contribution in [3.63, 3.8) is 0 Å². The van der Waals surface area contributed by atoms with E-state index in [1.807, 2.05) is 24.3 Å². The second-order valence-electron chi connectivity index (χ2n) is 3.68. The lowest BCUT2D eigenvalue weighted by Crippen LogP contribution is -2.12. The van der Waals surface area contributed by atoms with Gasteiger partial charge in [0.2, 0.25) is 0 Å². The average molecular weight is 354 g/mol. The number of carbonyl (C=O) groups is 1. The summed E-state index contributed by atoms with van der Waals surface area (Å²) >= 11 is 2.20. The monoisotopic (exact) mass is 354 g/mol. The first-order valence-electron chi connectivity index (χ1n) is 5.19. The number of ether oxygens (including phenoxy) is 1. The number of nitrogens with two attached hydrogens (primary N) is 2. The molecule has 0 aromatic heterocycles. The minimum atomic E-state index is -0.567. The maximum Gasteiger partial charge on any atom is 0.252 e. The number of anilines is 1. The Bertz CT molecular complexity index is 582. The number of nitrogen functional groups attached to an aromatic ring is 1. The predicted octanol–water partition coefficient (Wildman–Crippen LogP) is 2.76. The molecule has 4 nitrogen and oxygen atoms in total. The fourth-order valence-corrected chi connectivity index (χ4v) is 1.82. The second-order valence-corrected chi connectivity index (χ2v) is 4.92. The summed E-state index contributed by atoms with van der Waals surface area (Å²) in [5.74, 6) is 0.475. The maximum atomic E-state index is 11.3. The van der Waals surface area contributed by atoms with E-state index in [2.05, 4.69) is 22.6 Å². The maximum absolute atomic E-state index is 11.3. The lowest BCUT2D eigenvalue weighted by Gasteiger charge is -2.09. The zero-order valence-electron chi connectivity index (χ0n) is 9.39. The van der Waals surface area contributed by atoms with Crippen LogP contribution in [0.2, 0.25) is 0 Å². The minimum absolute atomic E-state index is 0.272. The lowest BCUT2D eigenvalue weighted by atomic mass is 10.1. The SMILES string of the molecule is NC(=O)c1cc(N)ccc1Oc1ccc(I)cc1. The van der Waals surface area contributed by atoms with Gasteiger partial charge in [0.05, 0.1) is 5.56 Å². The van der Waals surface area contributed by atoms with E-state index in [1.165, 1.54) is 6.07 Å². The number of amides is 1. The van der Waals surface area contributed by atoms with E-state index in [-0.39, 0.29) is 5.56 Å². The molecule has 18 heavy (non-hydrogen) atoms. The number of hydrogen-bond acceptors (Lipinski definition) is 3. The molecule has 5 heteroatoms. The molecule has 0 aliphatic carbocycles. The van der Waals surface area contributed by atoms with Crippen molar-refractivity contribution >= 4 is 34.2 Å². The third-order valence-electron chi connectivity index (χ3n) is 2.31. The van der Waals surface area contributed by atoms with Crippen LogP contribution in [-0.4, -0.2) is 5.91 Å². The van der Waals surface area contributed by atoms with E-state index in [9.17, 15) is 4.79 Å². The van der Waals surface area contributed by atoms with Crippen molar-refractivity contribution in [2.75, 3.05) is 5.73 Å². The molecular weight excluding hydrogens is 343 g/mol. The largest absolute Gasteiger partial charge is 0.457 e. The van der Waals surface area contributed by atoms with Crippen LogP contribution in [-0.2, 0) is 0 Å². The van der Waals surface area contributed by atoms with Gasteiger partial charge in [0.25, 0.3) is 5.91 Å². The molecule has 0 saturated heterocycles. The van der Waals surface area contributed by atoms with Crippen LogP contribution in [0.3, 0.4) is 0 Å². The Kier molecular flexibility index (Phi) is 3.71. The molecule has 0 unspecified atom stereocenters. The quantitative estimate of drug-likeness (QED) is 0.657. The highest BCUT2D eigenvalue weighted by atomic mass is 127. The fraction of sp³-hybridized carbons (Fsp3) is 0. The molecule has 4 N–H and O–H groups in total. The molecule has 92 valence electrons. The lowest BCUT2D eigenvalue weighted by molar-refractivity contribution is 0.0998. The molecule has 0 bridgehead atoms. The summed E-state index contributed by atoms with van der Waals surface area (Å²) in [5, 5.41) is 0. The average Bonchev–Trinajstić information content (AvgIpc) is 2.34. The topological polar surface area (TPSA) is 78.3 Å². The van der Waals surface area contributed by atoms with Crippen molar-refractivity contribution in [2.45, 2.75) is 0 Å². The van der Waals surface area contributed by atoms with E-state index in [0.29, 0.717) is 17.2 Å². The first-order chi connectivity index (χ1) is 8.56. The van der Waals surface area contributed by atoms with Gasteiger partial charge in [0.15, 0.2) is 0 Å². The first kappa shape index (κ1) is 12.7. The van der Waals surface area contributed by atoms with Crippen LogP contribution in [0, 0.1) is 3.57 Å². The summed E-state index contributed by atoms with van der Waals surface area (Å²) < 4.78 is 6.73. The summed E-state index contributed by atoms with van der Waals surface area (Å²) in [4.78, 5) is 11.3. The standard InChI is InChI=1S/C13H11IN2O2/c14-8-1-4-10(5-2-8)18-12-6-3-9(15)7-11(12)13(16)17/h1-7H,15H2,(H2,16,17). The van der Waals surface area contributed by atoms with Crippen LogP contribution in [0.25, 0.3) is 0 Å². The molecule has 0 saturated carbocycles. The first-order valence-corrected chi connectivity index (χ1v) is 6.27. The molecule has 2 aromatic rings. The smallest absolute Gasteiger partial charge is 0.252 e. The molecule has 0 fully saturated rings. The van der Waals surface area contributed by atoms with Crippen LogP contribution in [0.5, 0.6) is 11.5 Å². The Morgan fingerprint density at radius 3 is 2.39 bits per heavy atom. The van der Waals surface area contributed by atoms with Gasteiger partial charge in [0.1, 0.15) is 11.5 Å². The highest BCUT2D eigenvalue weighted by Crippen LogP contribution is 2.27. The van der Waals surface area contributed by atoms with Crippen molar-refractivity contribution in [1.82, 2.24) is 0 Å². The highest BCUT2D eigenvalue weighted by Gasteiger charge is 2.10. The number of benzene rings is 2. The van der Waals surface area contributed by atoms with Gasteiger partial charge < -0.3 is 16.2 Å². The van der Waals surface area contributed by atoms with Gasteiger partial charge in [-0.05, 0) is 65.1 Å². The van der Waals surface area contributed by atoms with Crippen molar-refractivity contribution in [1.29, 1.82) is 0 Å². The molecule has 1 amide bonds. The molecule has 0 aliphatic rings. The summed E-state index contributed by atoms with van der Waals surface area (Å²) in [6.45, 7) is 0. The highest BCUT2D eigenvalue weighted by molar-refractivity contribution is 14.1. The number of halogens is 1. The van der Waals surface area contributed by atoms with Crippen molar-refractivity contribution < 1.29 is 9.53 Å². The van der Waals surface area contributed by atoms with Crippen LogP contribution in [0.1, 0.15) is 10.4 Å².